The van der Waals surface area contributed by atoms with Gasteiger partial charge in [0.05, 0.1) is 12.5 Å². The summed E-state index contributed by atoms with van der Waals surface area (Å²) in [5.74, 6) is 0. The van der Waals surface area contributed by atoms with E-state index in [1.165, 1.54) is 5.56 Å². The first-order valence-corrected chi connectivity index (χ1v) is 4.31. The molecule has 0 N–H and O–H groups in total. The minimum Gasteiger partial charge on any atom is -0.198 e. The van der Waals surface area contributed by atoms with Gasteiger partial charge in [0.2, 0.25) is 0 Å². The summed E-state index contributed by atoms with van der Waals surface area (Å²) in [5, 5.41) is 8.47. The Morgan fingerprint density at radius 3 is 2.31 bits per heavy atom. The van der Waals surface area contributed by atoms with Crippen LogP contribution in [-0.2, 0) is 12.8 Å². The normalized spacial score (nSPS) is 9.23. The molecule has 0 saturated heterocycles. The van der Waals surface area contributed by atoms with Crippen LogP contribution in [0.4, 0.5) is 0 Å². The first-order chi connectivity index (χ1) is 6.22. The van der Waals surface area contributed by atoms with Gasteiger partial charge in [0.25, 0.3) is 0 Å². The molecule has 0 saturated carbocycles. The number of nitrogens with zero attached hydrogens (tertiary/aromatic N) is 1. The van der Waals surface area contributed by atoms with E-state index in [-0.39, 0.29) is 0 Å². The molecule has 0 aliphatic heterocycles. The number of allylic oxidation sites excluding steroid dienone is 1. The van der Waals surface area contributed by atoms with E-state index in [2.05, 4.69) is 24.8 Å². The molecule has 0 fully saturated rings. The molecule has 0 bridgehead atoms. The Morgan fingerprint density at radius 1 is 1.31 bits per heavy atom. The molecule has 13 heavy (non-hydrogen) atoms. The number of hydrogen-bond donors (Lipinski definition) is 0. The maximum absolute atomic E-state index is 8.47. The van der Waals surface area contributed by atoms with Crippen LogP contribution in [0, 0.1) is 11.3 Å². The molecular formula is C12H13N. The highest BCUT2D eigenvalue weighted by atomic mass is 14.2. The maximum Gasteiger partial charge on any atom is 0.0669 e. The minimum atomic E-state index is 0.493. The van der Waals surface area contributed by atoms with Gasteiger partial charge < -0.3 is 0 Å². The van der Waals surface area contributed by atoms with E-state index >= 15 is 0 Å². The fraction of sp³-hybridized carbons (Fsp3) is 0.250. The quantitative estimate of drug-likeness (QED) is 0.641. The highest BCUT2D eigenvalue weighted by molar-refractivity contribution is 5.26. The van der Waals surface area contributed by atoms with Crippen molar-refractivity contribution >= 4 is 0 Å². The Bertz CT molecular complexity index is 327. The van der Waals surface area contributed by atoms with Gasteiger partial charge >= 0.3 is 0 Å². The van der Waals surface area contributed by atoms with Gasteiger partial charge in [-0.1, -0.05) is 36.4 Å². The summed E-state index contributed by atoms with van der Waals surface area (Å²) >= 11 is 0. The third-order valence-electron chi connectivity index (χ3n) is 1.81. The molecule has 0 aliphatic rings. The van der Waals surface area contributed by atoms with Crippen LogP contribution < -0.4 is 0 Å². The topological polar surface area (TPSA) is 23.8 Å². The van der Waals surface area contributed by atoms with E-state index in [4.69, 9.17) is 5.26 Å². The summed E-state index contributed by atoms with van der Waals surface area (Å²) in [4.78, 5) is 0. The first-order valence-electron chi connectivity index (χ1n) is 4.31. The summed E-state index contributed by atoms with van der Waals surface area (Å²) in [6.45, 7) is 5.87. The average molecular weight is 171 g/mol. The van der Waals surface area contributed by atoms with Crippen molar-refractivity contribution in [3.05, 3.63) is 47.5 Å². The van der Waals surface area contributed by atoms with Crippen LogP contribution in [0.25, 0.3) is 0 Å². The lowest BCUT2D eigenvalue weighted by molar-refractivity contribution is 1.14. The molecule has 0 heterocycles. The van der Waals surface area contributed by atoms with Crippen LogP contribution in [-0.4, -0.2) is 0 Å². The predicted octanol–water partition coefficient (Wildman–Crippen LogP) is 2.87. The van der Waals surface area contributed by atoms with Gasteiger partial charge in [-0.2, -0.15) is 5.26 Å². The highest BCUT2D eigenvalue weighted by Crippen LogP contribution is 2.08. The molecule has 0 spiro atoms. The van der Waals surface area contributed by atoms with Gasteiger partial charge in [0.15, 0.2) is 0 Å². The standard InChI is InChI=1S/C12H13N/c1-10(2)9-12-5-3-11(4-6-12)7-8-13/h3-6H,1,7,9H2,2H3. The second kappa shape index (κ2) is 4.47. The minimum absolute atomic E-state index is 0.493. The lowest BCUT2D eigenvalue weighted by atomic mass is 10.0. The van der Waals surface area contributed by atoms with Crippen LogP contribution in [0.1, 0.15) is 18.1 Å². The molecule has 0 unspecified atom stereocenters. The molecule has 0 aromatic heterocycles. The van der Waals surface area contributed by atoms with Crippen molar-refractivity contribution in [3.63, 3.8) is 0 Å². The molecular weight excluding hydrogens is 158 g/mol. The van der Waals surface area contributed by atoms with E-state index in [9.17, 15) is 0 Å². The van der Waals surface area contributed by atoms with Crippen molar-refractivity contribution < 1.29 is 0 Å². The molecule has 0 radical (unpaired) electrons. The number of rotatable bonds is 3. The zero-order chi connectivity index (χ0) is 9.68. The van der Waals surface area contributed by atoms with Crippen molar-refractivity contribution in [3.8, 4) is 6.07 Å². The molecule has 1 aromatic rings. The van der Waals surface area contributed by atoms with E-state index in [1.807, 2.05) is 19.1 Å². The molecule has 0 aliphatic carbocycles. The third-order valence-corrected chi connectivity index (χ3v) is 1.81. The number of benzene rings is 1. The molecule has 1 aromatic carbocycles. The SMILES string of the molecule is C=C(C)Cc1ccc(CC#N)cc1. The van der Waals surface area contributed by atoms with Crippen LogP contribution in [0.5, 0.6) is 0 Å². The fourth-order valence-corrected chi connectivity index (χ4v) is 1.21. The van der Waals surface area contributed by atoms with Gasteiger partial charge in [-0.15, -0.1) is 0 Å². The van der Waals surface area contributed by atoms with Crippen LogP contribution in [0.15, 0.2) is 36.4 Å². The van der Waals surface area contributed by atoms with Gasteiger partial charge in [0, 0.05) is 0 Å². The summed E-state index contributed by atoms with van der Waals surface area (Å²) in [7, 11) is 0. The van der Waals surface area contributed by atoms with Crippen molar-refractivity contribution in [2.24, 2.45) is 0 Å². The molecule has 1 nitrogen and oxygen atoms in total. The van der Waals surface area contributed by atoms with Crippen LogP contribution >= 0.6 is 0 Å². The van der Waals surface area contributed by atoms with E-state index in [1.54, 1.807) is 0 Å². The van der Waals surface area contributed by atoms with E-state index < -0.39 is 0 Å². The summed E-state index contributed by atoms with van der Waals surface area (Å²) in [5.41, 5.74) is 3.50. The lowest BCUT2D eigenvalue weighted by Gasteiger charge is -2.00. The molecule has 1 rings (SSSR count). The molecule has 1 heteroatoms. The predicted molar refractivity (Wildman–Crippen MR) is 54.3 cm³/mol. The third kappa shape index (κ3) is 3.13. The zero-order valence-corrected chi connectivity index (χ0v) is 7.88. The zero-order valence-electron chi connectivity index (χ0n) is 7.88. The Balaban J connectivity index is 2.70. The average Bonchev–Trinajstić information content (AvgIpc) is 2.08. The first kappa shape index (κ1) is 9.54. The number of hydrogen-bond acceptors (Lipinski definition) is 1. The lowest BCUT2D eigenvalue weighted by Crippen LogP contribution is -1.87. The van der Waals surface area contributed by atoms with Gasteiger partial charge in [-0.25, -0.2) is 0 Å². The van der Waals surface area contributed by atoms with Crippen LogP contribution in [0.3, 0.4) is 0 Å². The van der Waals surface area contributed by atoms with Crippen molar-refractivity contribution in [1.82, 2.24) is 0 Å². The largest absolute Gasteiger partial charge is 0.198 e. The van der Waals surface area contributed by atoms with Gasteiger partial charge in [0.1, 0.15) is 0 Å². The second-order valence-corrected chi connectivity index (χ2v) is 3.29. The van der Waals surface area contributed by atoms with Gasteiger partial charge in [-0.05, 0) is 24.5 Å². The van der Waals surface area contributed by atoms with Gasteiger partial charge in [-0.3, -0.25) is 0 Å². The maximum atomic E-state index is 8.47. The van der Waals surface area contributed by atoms with Crippen molar-refractivity contribution in [1.29, 1.82) is 5.26 Å². The molecule has 0 amide bonds. The molecule has 0 atom stereocenters. The Labute approximate surface area is 79.3 Å². The summed E-state index contributed by atoms with van der Waals surface area (Å²) in [6, 6.07) is 10.2. The Morgan fingerprint density at radius 2 is 1.85 bits per heavy atom. The fourth-order valence-electron chi connectivity index (χ4n) is 1.21. The highest BCUT2D eigenvalue weighted by Gasteiger charge is 1.94. The van der Waals surface area contributed by atoms with Crippen molar-refractivity contribution in [2.45, 2.75) is 19.8 Å². The summed E-state index contributed by atoms with van der Waals surface area (Å²) in [6.07, 6.45) is 1.42. The number of nitriles is 1. The summed E-state index contributed by atoms with van der Waals surface area (Å²) < 4.78 is 0. The molecule has 66 valence electrons. The van der Waals surface area contributed by atoms with E-state index in [0.717, 1.165) is 17.6 Å². The second-order valence-electron chi connectivity index (χ2n) is 3.29. The Hall–Kier alpha value is -1.55. The van der Waals surface area contributed by atoms with Crippen molar-refractivity contribution in [2.75, 3.05) is 0 Å². The van der Waals surface area contributed by atoms with Crippen LogP contribution in [0.2, 0.25) is 0 Å². The Kier molecular flexibility index (Phi) is 3.28. The smallest absolute Gasteiger partial charge is 0.0669 e. The van der Waals surface area contributed by atoms with E-state index in [0.29, 0.717) is 6.42 Å². The monoisotopic (exact) mass is 171 g/mol.